The zero-order valence-corrected chi connectivity index (χ0v) is 10.3. The molecule has 2 fully saturated rings. The summed E-state index contributed by atoms with van der Waals surface area (Å²) in [6.07, 6.45) is 2.78. The highest BCUT2D eigenvalue weighted by atomic mass is 16.6. The van der Waals surface area contributed by atoms with Crippen LogP contribution in [0.3, 0.4) is 0 Å². The van der Waals surface area contributed by atoms with Gasteiger partial charge >= 0.3 is 0 Å². The van der Waals surface area contributed by atoms with Crippen LogP contribution in [0, 0.1) is 0 Å². The third-order valence-corrected chi connectivity index (χ3v) is 3.30. The lowest BCUT2D eigenvalue weighted by Crippen LogP contribution is -2.40. The maximum absolute atomic E-state index is 5.67. The highest BCUT2D eigenvalue weighted by molar-refractivity contribution is 4.82. The third-order valence-electron chi connectivity index (χ3n) is 3.30. The minimum Gasteiger partial charge on any atom is -0.376 e. The fourth-order valence-electron chi connectivity index (χ4n) is 2.44. The molecule has 0 spiro atoms. The van der Waals surface area contributed by atoms with Crippen LogP contribution in [0.1, 0.15) is 19.8 Å². The van der Waals surface area contributed by atoms with Crippen LogP contribution in [0.2, 0.25) is 0 Å². The van der Waals surface area contributed by atoms with Crippen molar-refractivity contribution in [1.29, 1.82) is 0 Å². The summed E-state index contributed by atoms with van der Waals surface area (Å²) in [6, 6.07) is 0.685. The van der Waals surface area contributed by atoms with Crippen LogP contribution >= 0.6 is 0 Å². The Hall–Kier alpha value is -0.160. The largest absolute Gasteiger partial charge is 0.376 e. The fourth-order valence-corrected chi connectivity index (χ4v) is 2.44. The van der Waals surface area contributed by atoms with E-state index in [1.54, 1.807) is 0 Å². The molecule has 0 bridgehead atoms. The van der Waals surface area contributed by atoms with Crippen molar-refractivity contribution in [3.05, 3.63) is 0 Å². The van der Waals surface area contributed by atoms with E-state index in [0.29, 0.717) is 12.1 Å². The molecule has 0 aromatic rings. The van der Waals surface area contributed by atoms with E-state index in [1.165, 1.54) is 25.9 Å². The minimum absolute atomic E-state index is 0.290. The summed E-state index contributed by atoms with van der Waals surface area (Å²) in [5, 5.41) is 3.58. The highest BCUT2D eigenvalue weighted by Crippen LogP contribution is 2.12. The predicted octanol–water partition coefficient (Wildman–Crippen LogP) is 0.476. The first-order chi connectivity index (χ1) is 7.88. The maximum atomic E-state index is 5.67. The molecule has 4 heteroatoms. The van der Waals surface area contributed by atoms with Crippen molar-refractivity contribution in [3.8, 4) is 0 Å². The number of hydrogen-bond acceptors (Lipinski definition) is 4. The van der Waals surface area contributed by atoms with Crippen molar-refractivity contribution in [2.45, 2.75) is 31.9 Å². The van der Waals surface area contributed by atoms with Gasteiger partial charge < -0.3 is 14.8 Å². The molecule has 1 N–H and O–H groups in total. The minimum atomic E-state index is 0.290. The Morgan fingerprint density at radius 3 is 3.06 bits per heavy atom. The Morgan fingerprint density at radius 1 is 1.38 bits per heavy atom. The lowest BCUT2D eigenvalue weighted by atomic mass is 10.2. The van der Waals surface area contributed by atoms with Crippen molar-refractivity contribution in [2.75, 3.05) is 46.0 Å². The van der Waals surface area contributed by atoms with Gasteiger partial charge in [-0.3, -0.25) is 4.90 Å². The molecule has 2 unspecified atom stereocenters. The maximum Gasteiger partial charge on any atom is 0.0936 e. The van der Waals surface area contributed by atoms with Crippen LogP contribution < -0.4 is 5.32 Å². The molecule has 0 aliphatic carbocycles. The zero-order chi connectivity index (χ0) is 11.2. The average Bonchev–Trinajstić information content (AvgIpc) is 2.75. The van der Waals surface area contributed by atoms with Crippen molar-refractivity contribution in [2.24, 2.45) is 0 Å². The number of nitrogens with one attached hydrogen (secondary N) is 1. The standard InChI is InChI=1S/C12H24N2O2/c1-2-4-13-11-3-5-14(8-11)9-12-10-15-6-7-16-12/h11-13H,2-10H2,1H3. The Labute approximate surface area is 98.3 Å². The van der Waals surface area contributed by atoms with Gasteiger partial charge in [-0.05, 0) is 25.9 Å². The van der Waals surface area contributed by atoms with Crippen LogP contribution in [0.5, 0.6) is 0 Å². The van der Waals surface area contributed by atoms with Gasteiger partial charge in [0.25, 0.3) is 0 Å². The second-order valence-electron chi connectivity index (χ2n) is 4.77. The predicted molar refractivity (Wildman–Crippen MR) is 63.7 cm³/mol. The van der Waals surface area contributed by atoms with Gasteiger partial charge in [0.15, 0.2) is 0 Å². The smallest absolute Gasteiger partial charge is 0.0936 e. The highest BCUT2D eigenvalue weighted by Gasteiger charge is 2.25. The average molecular weight is 228 g/mol. The van der Waals surface area contributed by atoms with Gasteiger partial charge in [-0.2, -0.15) is 0 Å². The van der Waals surface area contributed by atoms with Crippen LogP contribution in [0.4, 0.5) is 0 Å². The topological polar surface area (TPSA) is 33.7 Å². The number of rotatable bonds is 5. The molecule has 0 aromatic heterocycles. The second kappa shape index (κ2) is 6.55. The lowest BCUT2D eigenvalue weighted by Gasteiger charge is -2.27. The normalized spacial score (nSPS) is 32.1. The molecule has 2 aliphatic heterocycles. The summed E-state index contributed by atoms with van der Waals surface area (Å²) < 4.78 is 11.1. The molecule has 94 valence electrons. The van der Waals surface area contributed by atoms with Gasteiger partial charge in [0, 0.05) is 19.1 Å². The number of hydrogen-bond donors (Lipinski definition) is 1. The van der Waals surface area contributed by atoms with E-state index in [-0.39, 0.29) is 0 Å². The molecule has 0 radical (unpaired) electrons. The Morgan fingerprint density at radius 2 is 2.31 bits per heavy atom. The van der Waals surface area contributed by atoms with Gasteiger partial charge in [0.1, 0.15) is 0 Å². The van der Waals surface area contributed by atoms with Crippen LogP contribution in [-0.4, -0.2) is 63.0 Å². The first kappa shape index (κ1) is 12.3. The lowest BCUT2D eigenvalue weighted by molar-refractivity contribution is -0.0960. The van der Waals surface area contributed by atoms with E-state index in [4.69, 9.17) is 9.47 Å². The monoisotopic (exact) mass is 228 g/mol. The van der Waals surface area contributed by atoms with E-state index in [0.717, 1.165) is 32.9 Å². The Balaban J connectivity index is 1.63. The van der Waals surface area contributed by atoms with E-state index >= 15 is 0 Å². The molecule has 2 rings (SSSR count). The van der Waals surface area contributed by atoms with Gasteiger partial charge in [-0.25, -0.2) is 0 Å². The molecule has 2 saturated heterocycles. The second-order valence-corrected chi connectivity index (χ2v) is 4.77. The van der Waals surface area contributed by atoms with Crippen molar-refractivity contribution < 1.29 is 9.47 Å². The van der Waals surface area contributed by atoms with E-state index in [2.05, 4.69) is 17.1 Å². The zero-order valence-electron chi connectivity index (χ0n) is 10.3. The molecular formula is C12H24N2O2. The Kier molecular flexibility index (Phi) is 5.03. The molecule has 2 atom stereocenters. The van der Waals surface area contributed by atoms with Gasteiger partial charge in [0.2, 0.25) is 0 Å². The van der Waals surface area contributed by atoms with Crippen LogP contribution in [0.25, 0.3) is 0 Å². The molecular weight excluding hydrogens is 204 g/mol. The molecule has 2 aliphatic rings. The summed E-state index contributed by atoms with van der Waals surface area (Å²) >= 11 is 0. The summed E-state index contributed by atoms with van der Waals surface area (Å²) in [5.41, 5.74) is 0. The molecule has 4 nitrogen and oxygen atoms in total. The SMILES string of the molecule is CCCNC1CCN(CC2COCCO2)C1. The van der Waals surface area contributed by atoms with E-state index in [1.807, 2.05) is 0 Å². The van der Waals surface area contributed by atoms with Crippen molar-refractivity contribution in [3.63, 3.8) is 0 Å². The van der Waals surface area contributed by atoms with E-state index in [9.17, 15) is 0 Å². The number of ether oxygens (including phenoxy) is 2. The molecule has 0 saturated carbocycles. The van der Waals surface area contributed by atoms with Crippen LogP contribution in [0.15, 0.2) is 0 Å². The quantitative estimate of drug-likeness (QED) is 0.742. The molecule has 0 amide bonds. The summed E-state index contributed by atoms with van der Waals surface area (Å²) in [7, 11) is 0. The third kappa shape index (κ3) is 3.70. The Bertz CT molecular complexity index is 195. The molecule has 2 heterocycles. The van der Waals surface area contributed by atoms with E-state index < -0.39 is 0 Å². The van der Waals surface area contributed by atoms with Crippen LogP contribution in [-0.2, 0) is 9.47 Å². The fraction of sp³-hybridized carbons (Fsp3) is 1.00. The van der Waals surface area contributed by atoms with Crippen molar-refractivity contribution in [1.82, 2.24) is 10.2 Å². The number of nitrogens with zero attached hydrogens (tertiary/aromatic N) is 1. The van der Waals surface area contributed by atoms with Gasteiger partial charge in [0.05, 0.1) is 25.9 Å². The molecule has 0 aromatic carbocycles. The summed E-state index contributed by atoms with van der Waals surface area (Å²) in [6.45, 7) is 9.04. The van der Waals surface area contributed by atoms with Gasteiger partial charge in [-0.15, -0.1) is 0 Å². The van der Waals surface area contributed by atoms with Crippen molar-refractivity contribution >= 4 is 0 Å². The molecule has 16 heavy (non-hydrogen) atoms. The number of likely N-dealkylation sites (tertiary alicyclic amines) is 1. The first-order valence-electron chi connectivity index (χ1n) is 6.53. The summed E-state index contributed by atoms with van der Waals surface area (Å²) in [5.74, 6) is 0. The van der Waals surface area contributed by atoms with Gasteiger partial charge in [-0.1, -0.05) is 6.92 Å². The summed E-state index contributed by atoms with van der Waals surface area (Å²) in [4.78, 5) is 2.49. The first-order valence-corrected chi connectivity index (χ1v) is 6.53.